The summed E-state index contributed by atoms with van der Waals surface area (Å²) >= 11 is 0. The average molecular weight is 270 g/mol. The lowest BCUT2D eigenvalue weighted by Gasteiger charge is -2.36. The van der Waals surface area contributed by atoms with Gasteiger partial charge in [0.05, 0.1) is 6.61 Å². The van der Waals surface area contributed by atoms with Crippen LogP contribution < -0.4 is 5.32 Å². The van der Waals surface area contributed by atoms with E-state index in [9.17, 15) is 4.79 Å². The molecule has 0 bridgehead atoms. The Morgan fingerprint density at radius 3 is 2.74 bits per heavy atom. The normalized spacial score (nSPS) is 25.0. The van der Waals surface area contributed by atoms with Crippen molar-refractivity contribution in [2.24, 2.45) is 0 Å². The minimum atomic E-state index is -0.587. The molecule has 1 aliphatic rings. The zero-order chi connectivity index (χ0) is 14.5. The van der Waals surface area contributed by atoms with E-state index in [-0.39, 0.29) is 5.97 Å². The highest BCUT2D eigenvalue weighted by Gasteiger charge is 2.38. The summed E-state index contributed by atoms with van der Waals surface area (Å²) in [4.78, 5) is 14.6. The summed E-state index contributed by atoms with van der Waals surface area (Å²) in [5.74, 6) is -0.142. The van der Waals surface area contributed by atoms with Gasteiger partial charge in [-0.25, -0.2) is 0 Å². The number of nitrogens with zero attached hydrogens (tertiary/aromatic N) is 1. The Bertz CT molecular complexity index is 296. The summed E-state index contributed by atoms with van der Waals surface area (Å²) in [7, 11) is 1.84. The maximum Gasteiger partial charge on any atom is 0.326 e. The second kappa shape index (κ2) is 7.25. The molecule has 1 heterocycles. The number of hydrogen-bond donors (Lipinski definition) is 1. The van der Waals surface area contributed by atoms with Crippen molar-refractivity contribution >= 4 is 5.97 Å². The molecule has 19 heavy (non-hydrogen) atoms. The van der Waals surface area contributed by atoms with E-state index in [0.717, 1.165) is 13.0 Å². The number of esters is 1. The highest BCUT2D eigenvalue weighted by molar-refractivity contribution is 5.80. The zero-order valence-electron chi connectivity index (χ0n) is 13.2. The fraction of sp³-hybridized carbons (Fsp3) is 0.933. The molecule has 1 saturated heterocycles. The van der Waals surface area contributed by atoms with Gasteiger partial charge < -0.3 is 10.1 Å². The minimum absolute atomic E-state index is 0.142. The average Bonchev–Trinajstić information content (AvgIpc) is 2.87. The minimum Gasteiger partial charge on any atom is -0.465 e. The molecular weight excluding hydrogens is 240 g/mol. The van der Waals surface area contributed by atoms with Crippen LogP contribution in [0.15, 0.2) is 0 Å². The molecule has 0 saturated carbocycles. The number of likely N-dealkylation sites (N-methyl/N-ethyl adjacent to an activating group) is 1. The summed E-state index contributed by atoms with van der Waals surface area (Å²) in [6, 6.07) is 1.08. The van der Waals surface area contributed by atoms with Gasteiger partial charge in [0.2, 0.25) is 0 Å². The number of hydrogen-bond acceptors (Lipinski definition) is 4. The van der Waals surface area contributed by atoms with Crippen LogP contribution in [0.2, 0.25) is 0 Å². The van der Waals surface area contributed by atoms with Crippen molar-refractivity contribution in [1.29, 1.82) is 0 Å². The Morgan fingerprint density at radius 2 is 2.21 bits per heavy atom. The Hall–Kier alpha value is -0.610. The van der Waals surface area contributed by atoms with E-state index in [0.29, 0.717) is 18.7 Å². The van der Waals surface area contributed by atoms with Gasteiger partial charge in [-0.3, -0.25) is 9.69 Å². The van der Waals surface area contributed by atoms with E-state index in [2.05, 4.69) is 24.1 Å². The van der Waals surface area contributed by atoms with Crippen LogP contribution in [0.3, 0.4) is 0 Å². The van der Waals surface area contributed by atoms with Crippen molar-refractivity contribution in [1.82, 2.24) is 10.2 Å². The molecule has 0 aromatic heterocycles. The second-order valence-corrected chi connectivity index (χ2v) is 5.80. The summed E-state index contributed by atoms with van der Waals surface area (Å²) in [5.41, 5.74) is -0.587. The molecule has 0 amide bonds. The maximum atomic E-state index is 12.1. The molecule has 1 fully saturated rings. The standard InChI is InChI=1S/C15H30N2O2/c1-6-13-9-8-10-17(13)12(3)11-15(4,16-5)14(18)19-7-2/h12-13,16H,6-11H2,1-5H3. The van der Waals surface area contributed by atoms with Gasteiger partial charge in [0.25, 0.3) is 0 Å². The van der Waals surface area contributed by atoms with Gasteiger partial charge >= 0.3 is 5.97 Å². The highest BCUT2D eigenvalue weighted by Crippen LogP contribution is 2.26. The van der Waals surface area contributed by atoms with Gasteiger partial charge in [0.1, 0.15) is 5.54 Å². The number of carbonyl (C=O) groups excluding carboxylic acids is 1. The second-order valence-electron chi connectivity index (χ2n) is 5.80. The highest BCUT2D eigenvalue weighted by atomic mass is 16.5. The monoisotopic (exact) mass is 270 g/mol. The smallest absolute Gasteiger partial charge is 0.326 e. The topological polar surface area (TPSA) is 41.6 Å². The zero-order valence-corrected chi connectivity index (χ0v) is 13.2. The predicted molar refractivity (Wildman–Crippen MR) is 78.2 cm³/mol. The van der Waals surface area contributed by atoms with Crippen molar-refractivity contribution < 1.29 is 9.53 Å². The number of ether oxygens (including phenoxy) is 1. The fourth-order valence-electron chi connectivity index (χ4n) is 3.16. The van der Waals surface area contributed by atoms with Crippen LogP contribution in [-0.4, -0.2) is 48.7 Å². The number of rotatable bonds is 7. The SMILES string of the molecule is CCOC(=O)C(C)(CC(C)N1CCCC1CC)NC. The maximum absolute atomic E-state index is 12.1. The quantitative estimate of drug-likeness (QED) is 0.720. The van der Waals surface area contributed by atoms with Gasteiger partial charge in [0, 0.05) is 12.1 Å². The van der Waals surface area contributed by atoms with E-state index in [4.69, 9.17) is 4.74 Å². The third-order valence-electron chi connectivity index (χ3n) is 4.44. The molecule has 0 aromatic carbocycles. The van der Waals surface area contributed by atoms with Crippen LogP contribution in [0, 0.1) is 0 Å². The molecule has 0 radical (unpaired) electrons. The van der Waals surface area contributed by atoms with E-state index in [1.807, 2.05) is 20.9 Å². The first-order valence-corrected chi connectivity index (χ1v) is 7.60. The summed E-state index contributed by atoms with van der Waals surface area (Å²) in [6.07, 6.45) is 4.55. The lowest BCUT2D eigenvalue weighted by atomic mass is 9.92. The Kier molecular flexibility index (Phi) is 6.27. The van der Waals surface area contributed by atoms with Gasteiger partial charge in [0.15, 0.2) is 0 Å². The molecule has 3 unspecified atom stereocenters. The van der Waals surface area contributed by atoms with E-state index in [1.165, 1.54) is 19.3 Å². The van der Waals surface area contributed by atoms with Gasteiger partial charge in [-0.1, -0.05) is 6.92 Å². The lowest BCUT2D eigenvalue weighted by Crippen LogP contribution is -2.53. The Morgan fingerprint density at radius 1 is 1.53 bits per heavy atom. The molecule has 112 valence electrons. The first kappa shape index (κ1) is 16.4. The van der Waals surface area contributed by atoms with Crippen molar-refractivity contribution in [3.05, 3.63) is 0 Å². The van der Waals surface area contributed by atoms with Gasteiger partial charge in [-0.15, -0.1) is 0 Å². The van der Waals surface area contributed by atoms with Gasteiger partial charge in [-0.05, 0) is 60.0 Å². The van der Waals surface area contributed by atoms with Crippen LogP contribution in [-0.2, 0) is 9.53 Å². The molecule has 1 aliphatic heterocycles. The van der Waals surface area contributed by atoms with Crippen LogP contribution in [0.25, 0.3) is 0 Å². The number of carbonyl (C=O) groups is 1. The first-order valence-electron chi connectivity index (χ1n) is 7.60. The fourth-order valence-corrected chi connectivity index (χ4v) is 3.16. The first-order chi connectivity index (χ1) is 8.98. The van der Waals surface area contributed by atoms with E-state index < -0.39 is 5.54 Å². The molecule has 3 atom stereocenters. The lowest BCUT2D eigenvalue weighted by molar-refractivity contribution is -0.151. The summed E-state index contributed by atoms with van der Waals surface area (Å²) in [6.45, 7) is 9.86. The predicted octanol–water partition coefficient (Wildman–Crippen LogP) is 2.18. The number of likely N-dealkylation sites (tertiary alicyclic amines) is 1. The van der Waals surface area contributed by atoms with E-state index in [1.54, 1.807) is 0 Å². The third kappa shape index (κ3) is 3.93. The van der Waals surface area contributed by atoms with Crippen LogP contribution in [0.5, 0.6) is 0 Å². The molecular formula is C15H30N2O2. The molecule has 0 spiro atoms. The molecule has 1 rings (SSSR count). The Labute approximate surface area is 117 Å². The van der Waals surface area contributed by atoms with Gasteiger partial charge in [-0.2, -0.15) is 0 Å². The number of nitrogens with one attached hydrogen (secondary N) is 1. The third-order valence-corrected chi connectivity index (χ3v) is 4.44. The van der Waals surface area contributed by atoms with Crippen molar-refractivity contribution in [2.75, 3.05) is 20.2 Å². The molecule has 0 aromatic rings. The van der Waals surface area contributed by atoms with Crippen molar-refractivity contribution in [3.63, 3.8) is 0 Å². The van der Waals surface area contributed by atoms with Crippen LogP contribution in [0.4, 0.5) is 0 Å². The summed E-state index contributed by atoms with van der Waals surface area (Å²) in [5, 5.41) is 3.15. The Balaban J connectivity index is 2.66. The molecule has 1 N–H and O–H groups in total. The molecule has 0 aliphatic carbocycles. The van der Waals surface area contributed by atoms with E-state index >= 15 is 0 Å². The van der Waals surface area contributed by atoms with Crippen LogP contribution in [0.1, 0.15) is 53.4 Å². The summed E-state index contributed by atoms with van der Waals surface area (Å²) < 4.78 is 5.19. The molecule has 4 nitrogen and oxygen atoms in total. The molecule has 4 heteroatoms. The van der Waals surface area contributed by atoms with Crippen LogP contribution >= 0.6 is 0 Å². The van der Waals surface area contributed by atoms with Crippen molar-refractivity contribution in [2.45, 2.75) is 71.0 Å². The largest absolute Gasteiger partial charge is 0.465 e. The van der Waals surface area contributed by atoms with Crippen molar-refractivity contribution in [3.8, 4) is 0 Å².